The minimum absolute atomic E-state index is 0.462. The molecule has 17 heavy (non-hydrogen) atoms. The van der Waals surface area contributed by atoms with E-state index in [0.29, 0.717) is 12.0 Å². The molecule has 0 saturated heterocycles. The van der Waals surface area contributed by atoms with E-state index in [0.717, 1.165) is 13.2 Å². The lowest BCUT2D eigenvalue weighted by Gasteiger charge is -2.30. The molecular weight excluding hydrogens is 210 g/mol. The molecule has 0 aromatic carbocycles. The van der Waals surface area contributed by atoms with Crippen LogP contribution >= 0.6 is 0 Å². The van der Waals surface area contributed by atoms with Crippen LogP contribution in [0.15, 0.2) is 0 Å². The third-order valence-corrected chi connectivity index (χ3v) is 3.97. The number of rotatable bonds is 9. The summed E-state index contributed by atoms with van der Waals surface area (Å²) < 4.78 is 6.01. The Kier molecular flexibility index (Phi) is 8.72. The van der Waals surface area contributed by atoms with Gasteiger partial charge in [-0.1, -0.05) is 51.9 Å². The molecule has 1 fully saturated rings. The molecule has 1 aliphatic carbocycles. The van der Waals surface area contributed by atoms with Gasteiger partial charge in [0.15, 0.2) is 0 Å². The van der Waals surface area contributed by atoms with Crippen molar-refractivity contribution in [1.29, 1.82) is 0 Å². The fourth-order valence-corrected chi connectivity index (χ4v) is 2.78. The molecule has 0 aromatic heterocycles. The van der Waals surface area contributed by atoms with Gasteiger partial charge in [-0.25, -0.2) is 0 Å². The van der Waals surface area contributed by atoms with E-state index in [1.54, 1.807) is 0 Å². The Bertz CT molecular complexity index is 172. The van der Waals surface area contributed by atoms with Crippen LogP contribution in [0, 0.1) is 5.92 Å². The highest BCUT2D eigenvalue weighted by Gasteiger charge is 2.24. The molecule has 0 aromatic rings. The molecule has 2 heteroatoms. The first-order chi connectivity index (χ1) is 8.38. The monoisotopic (exact) mass is 241 g/mol. The highest BCUT2D eigenvalue weighted by molar-refractivity contribution is 4.76. The van der Waals surface area contributed by atoms with E-state index >= 15 is 0 Å². The maximum absolute atomic E-state index is 6.01. The molecular formula is C15H31NO. The lowest BCUT2D eigenvalue weighted by molar-refractivity contribution is -0.00949. The zero-order chi connectivity index (χ0) is 12.3. The molecule has 2 unspecified atom stereocenters. The maximum atomic E-state index is 6.01. The summed E-state index contributed by atoms with van der Waals surface area (Å²) in [4.78, 5) is 0. The van der Waals surface area contributed by atoms with Crippen LogP contribution in [0.1, 0.15) is 71.1 Å². The van der Waals surface area contributed by atoms with Gasteiger partial charge in [0.1, 0.15) is 0 Å². The molecule has 0 spiro atoms. The van der Waals surface area contributed by atoms with Gasteiger partial charge in [0.05, 0.1) is 6.10 Å². The van der Waals surface area contributed by atoms with E-state index in [1.807, 2.05) is 0 Å². The lowest BCUT2D eigenvalue weighted by atomic mass is 9.86. The molecule has 1 saturated carbocycles. The first-order valence-electron chi connectivity index (χ1n) is 7.70. The zero-order valence-electron chi connectivity index (χ0n) is 11.6. The second-order valence-electron chi connectivity index (χ2n) is 5.46. The molecule has 1 rings (SSSR count). The Balaban J connectivity index is 1.97. The number of unbranched alkanes of at least 4 members (excludes halogenated alkanes) is 5. The van der Waals surface area contributed by atoms with Crippen molar-refractivity contribution in [1.82, 2.24) is 0 Å². The van der Waals surface area contributed by atoms with Crippen molar-refractivity contribution in [3.63, 3.8) is 0 Å². The largest absolute Gasteiger partial charge is 0.378 e. The Labute approximate surface area is 107 Å². The molecule has 0 bridgehead atoms. The molecule has 0 heterocycles. The molecule has 0 radical (unpaired) electrons. The Morgan fingerprint density at radius 3 is 2.47 bits per heavy atom. The molecule has 1 aliphatic rings. The highest BCUT2D eigenvalue weighted by atomic mass is 16.5. The van der Waals surface area contributed by atoms with Crippen molar-refractivity contribution in [2.45, 2.75) is 77.2 Å². The van der Waals surface area contributed by atoms with Crippen molar-refractivity contribution in [2.24, 2.45) is 11.7 Å². The van der Waals surface area contributed by atoms with E-state index in [4.69, 9.17) is 10.5 Å². The summed E-state index contributed by atoms with van der Waals surface area (Å²) in [6.07, 6.45) is 13.7. The van der Waals surface area contributed by atoms with Crippen LogP contribution in [0.3, 0.4) is 0 Å². The van der Waals surface area contributed by atoms with Crippen molar-refractivity contribution in [3.05, 3.63) is 0 Å². The zero-order valence-corrected chi connectivity index (χ0v) is 11.6. The lowest BCUT2D eigenvalue weighted by Crippen LogP contribution is -2.33. The Morgan fingerprint density at radius 2 is 1.71 bits per heavy atom. The summed E-state index contributed by atoms with van der Waals surface area (Å²) >= 11 is 0. The topological polar surface area (TPSA) is 35.2 Å². The summed E-state index contributed by atoms with van der Waals surface area (Å²) in [7, 11) is 0. The fraction of sp³-hybridized carbons (Fsp3) is 1.00. The predicted molar refractivity (Wildman–Crippen MR) is 74.1 cm³/mol. The molecule has 102 valence electrons. The average Bonchev–Trinajstić information content (AvgIpc) is 2.38. The highest BCUT2D eigenvalue weighted by Crippen LogP contribution is 2.26. The van der Waals surface area contributed by atoms with Gasteiger partial charge in [0.2, 0.25) is 0 Å². The van der Waals surface area contributed by atoms with Crippen molar-refractivity contribution < 1.29 is 4.74 Å². The van der Waals surface area contributed by atoms with Gasteiger partial charge >= 0.3 is 0 Å². The third kappa shape index (κ3) is 6.42. The quantitative estimate of drug-likeness (QED) is 0.622. The van der Waals surface area contributed by atoms with Crippen LogP contribution in [-0.2, 0) is 4.74 Å². The van der Waals surface area contributed by atoms with Gasteiger partial charge in [0, 0.05) is 6.61 Å². The smallest absolute Gasteiger partial charge is 0.0615 e. The minimum Gasteiger partial charge on any atom is -0.378 e. The van der Waals surface area contributed by atoms with Gasteiger partial charge in [-0.05, 0) is 31.7 Å². The third-order valence-electron chi connectivity index (χ3n) is 3.97. The van der Waals surface area contributed by atoms with E-state index in [9.17, 15) is 0 Å². The number of ether oxygens (including phenoxy) is 1. The maximum Gasteiger partial charge on any atom is 0.0615 e. The van der Waals surface area contributed by atoms with Crippen molar-refractivity contribution in [3.8, 4) is 0 Å². The molecule has 2 nitrogen and oxygen atoms in total. The van der Waals surface area contributed by atoms with Gasteiger partial charge in [-0.15, -0.1) is 0 Å². The predicted octanol–water partition coefficient (Wildman–Crippen LogP) is 3.88. The van der Waals surface area contributed by atoms with Crippen LogP contribution in [0.2, 0.25) is 0 Å². The second-order valence-corrected chi connectivity index (χ2v) is 5.46. The summed E-state index contributed by atoms with van der Waals surface area (Å²) in [5.74, 6) is 0.629. The molecule has 2 N–H and O–H groups in total. The normalized spacial score (nSPS) is 25.1. The first-order valence-corrected chi connectivity index (χ1v) is 7.70. The van der Waals surface area contributed by atoms with Crippen LogP contribution in [0.4, 0.5) is 0 Å². The first kappa shape index (κ1) is 15.0. The number of nitrogens with two attached hydrogens (primary N) is 1. The summed E-state index contributed by atoms with van der Waals surface area (Å²) in [6.45, 7) is 4.02. The van der Waals surface area contributed by atoms with Crippen LogP contribution in [0.5, 0.6) is 0 Å². The Morgan fingerprint density at radius 1 is 1.00 bits per heavy atom. The summed E-state index contributed by atoms with van der Waals surface area (Å²) in [5, 5.41) is 0. The van der Waals surface area contributed by atoms with Crippen molar-refractivity contribution >= 4 is 0 Å². The van der Waals surface area contributed by atoms with Gasteiger partial charge < -0.3 is 10.5 Å². The van der Waals surface area contributed by atoms with E-state index in [-0.39, 0.29) is 0 Å². The molecule has 0 amide bonds. The standard InChI is InChI=1S/C15H31NO/c1-2-3-4-5-6-9-12-17-15-11-8-7-10-14(15)13-16/h14-15H,2-13,16H2,1H3. The summed E-state index contributed by atoms with van der Waals surface area (Å²) in [6, 6.07) is 0. The summed E-state index contributed by atoms with van der Waals surface area (Å²) in [5.41, 5.74) is 5.80. The van der Waals surface area contributed by atoms with E-state index in [2.05, 4.69) is 6.92 Å². The molecule has 2 atom stereocenters. The van der Waals surface area contributed by atoms with Crippen LogP contribution in [0.25, 0.3) is 0 Å². The van der Waals surface area contributed by atoms with Crippen LogP contribution < -0.4 is 5.73 Å². The van der Waals surface area contributed by atoms with Gasteiger partial charge in [-0.2, -0.15) is 0 Å². The number of hydrogen-bond donors (Lipinski definition) is 1. The second kappa shape index (κ2) is 9.90. The fourth-order valence-electron chi connectivity index (χ4n) is 2.78. The Hall–Kier alpha value is -0.0800. The van der Waals surface area contributed by atoms with Crippen LogP contribution in [-0.4, -0.2) is 19.3 Å². The van der Waals surface area contributed by atoms with Gasteiger partial charge in [-0.3, -0.25) is 0 Å². The average molecular weight is 241 g/mol. The molecule has 0 aliphatic heterocycles. The van der Waals surface area contributed by atoms with Gasteiger partial charge in [0.25, 0.3) is 0 Å². The van der Waals surface area contributed by atoms with E-state index in [1.165, 1.54) is 64.2 Å². The minimum atomic E-state index is 0.462. The number of hydrogen-bond acceptors (Lipinski definition) is 2. The van der Waals surface area contributed by atoms with Crippen molar-refractivity contribution in [2.75, 3.05) is 13.2 Å². The SMILES string of the molecule is CCCCCCCCOC1CCCCC1CN. The van der Waals surface area contributed by atoms with E-state index < -0.39 is 0 Å².